The summed E-state index contributed by atoms with van der Waals surface area (Å²) in [7, 11) is 0. The molecule has 1 saturated carbocycles. The van der Waals surface area contributed by atoms with Crippen LogP contribution in [0.4, 0.5) is 0 Å². The van der Waals surface area contributed by atoms with Gasteiger partial charge < -0.3 is 39.0 Å². The van der Waals surface area contributed by atoms with Crippen LogP contribution in [0.2, 0.25) is 0 Å². The van der Waals surface area contributed by atoms with Gasteiger partial charge in [-0.1, -0.05) is 48.6 Å². The van der Waals surface area contributed by atoms with Crippen LogP contribution in [0.3, 0.4) is 0 Å². The lowest BCUT2D eigenvalue weighted by Crippen LogP contribution is -2.51. The highest BCUT2D eigenvalue weighted by Gasteiger charge is 2.55. The summed E-state index contributed by atoms with van der Waals surface area (Å²) in [5.41, 5.74) is 3.30. The molecule has 304 valence electrons. The number of aliphatic hydroxyl groups is 1. The van der Waals surface area contributed by atoms with Crippen LogP contribution in [0.15, 0.2) is 66.3 Å². The number of carbonyl (C=O) groups excluding carboxylic acids is 4. The topological polar surface area (TPSA) is 153 Å². The summed E-state index contributed by atoms with van der Waals surface area (Å²) >= 11 is 0. The quantitative estimate of drug-likeness (QED) is 0.236. The molecule has 3 aliphatic carbocycles. The molecule has 0 aromatic heterocycles. The van der Waals surface area contributed by atoms with Crippen molar-refractivity contribution in [1.82, 2.24) is 10.2 Å². The van der Waals surface area contributed by atoms with E-state index in [1.807, 2.05) is 30.3 Å². The smallest absolute Gasteiger partial charge is 0.338 e. The number of ether oxygens (including phenoxy) is 5. The molecule has 2 aromatic carbocycles. The summed E-state index contributed by atoms with van der Waals surface area (Å²) in [6.07, 6.45) is 10.4. The second kappa shape index (κ2) is 16.1. The Morgan fingerprint density at radius 1 is 1.02 bits per heavy atom. The predicted molar refractivity (Wildman–Crippen MR) is 209 cm³/mol. The van der Waals surface area contributed by atoms with Crippen LogP contribution in [0, 0.1) is 5.92 Å². The van der Waals surface area contributed by atoms with Gasteiger partial charge in [0.25, 0.3) is 0 Å². The number of hydrogen-bond acceptors (Lipinski definition) is 10. The lowest BCUT2D eigenvalue weighted by atomic mass is 9.88. The maximum Gasteiger partial charge on any atom is 0.338 e. The number of nitrogens with zero attached hydrogens (tertiary/aromatic N) is 1. The SMILES string of the molecule is CC(C)(C)OC(=O)CC[C@@H](CO)NC(=O)[C@H]1CCCN1C(=O)C1=C[C@H]2OC3(Cc4ccccc4C3)O[C@H]2[C@H](OC(=O)c2cccc(C=CC3CCC4OC4C3)c2)C1. The van der Waals surface area contributed by atoms with E-state index in [9.17, 15) is 24.3 Å². The molecule has 2 aromatic rings. The number of epoxide rings is 1. The number of carbonyl (C=O) groups is 4. The Morgan fingerprint density at radius 2 is 1.81 bits per heavy atom. The van der Waals surface area contributed by atoms with Gasteiger partial charge in [0.15, 0.2) is 5.79 Å². The number of nitrogens with one attached hydrogen (secondary N) is 1. The minimum atomic E-state index is -0.956. The number of esters is 2. The fourth-order valence-corrected chi connectivity index (χ4v) is 9.14. The maximum absolute atomic E-state index is 14.4. The average molecular weight is 783 g/mol. The second-order valence-corrected chi connectivity index (χ2v) is 17.5. The predicted octanol–water partition coefficient (Wildman–Crippen LogP) is 4.99. The molecule has 3 unspecified atom stereocenters. The molecule has 3 heterocycles. The third-order valence-electron chi connectivity index (χ3n) is 12.0. The molecular formula is C45H54N2O10. The van der Waals surface area contributed by atoms with E-state index in [0.717, 1.165) is 36.0 Å². The summed E-state index contributed by atoms with van der Waals surface area (Å²) in [5, 5.41) is 12.9. The van der Waals surface area contributed by atoms with Crippen molar-refractivity contribution in [2.75, 3.05) is 13.2 Å². The molecule has 0 bridgehead atoms. The summed E-state index contributed by atoms with van der Waals surface area (Å²) in [6, 6.07) is 14.0. The van der Waals surface area contributed by atoms with Gasteiger partial charge >= 0.3 is 11.9 Å². The number of aliphatic hydroxyl groups excluding tert-OH is 1. The molecule has 1 spiro atoms. The summed E-state index contributed by atoms with van der Waals surface area (Å²) < 4.78 is 30.7. The molecule has 57 heavy (non-hydrogen) atoms. The molecular weight excluding hydrogens is 728 g/mol. The summed E-state index contributed by atoms with van der Waals surface area (Å²) in [6.45, 7) is 5.33. The highest BCUT2D eigenvalue weighted by Crippen LogP contribution is 2.45. The van der Waals surface area contributed by atoms with E-state index in [1.54, 1.807) is 37.8 Å². The lowest BCUT2D eigenvalue weighted by molar-refractivity contribution is -0.172. The van der Waals surface area contributed by atoms with E-state index < -0.39 is 59.6 Å². The molecule has 6 aliphatic rings. The lowest BCUT2D eigenvalue weighted by Gasteiger charge is -2.33. The number of hydrogen-bond donors (Lipinski definition) is 2. The normalized spacial score (nSPS) is 28.9. The first-order valence-electron chi connectivity index (χ1n) is 20.6. The van der Waals surface area contributed by atoms with Crippen molar-refractivity contribution in [3.8, 4) is 0 Å². The monoisotopic (exact) mass is 782 g/mol. The van der Waals surface area contributed by atoms with E-state index in [1.165, 1.54) is 0 Å². The highest BCUT2D eigenvalue weighted by molar-refractivity contribution is 5.98. The molecule has 3 aliphatic heterocycles. The van der Waals surface area contributed by atoms with Crippen molar-refractivity contribution >= 4 is 29.8 Å². The van der Waals surface area contributed by atoms with Crippen molar-refractivity contribution in [1.29, 1.82) is 0 Å². The Bertz CT molecular complexity index is 1910. The molecule has 8 rings (SSSR count). The van der Waals surface area contributed by atoms with Gasteiger partial charge in [-0.3, -0.25) is 14.4 Å². The number of fused-ring (bicyclic) bond motifs is 3. The van der Waals surface area contributed by atoms with Gasteiger partial charge in [-0.25, -0.2) is 4.79 Å². The van der Waals surface area contributed by atoms with E-state index in [2.05, 4.69) is 29.6 Å². The number of allylic oxidation sites excluding steroid dienone is 1. The zero-order chi connectivity index (χ0) is 39.9. The van der Waals surface area contributed by atoms with E-state index in [0.29, 0.717) is 61.5 Å². The molecule has 12 nitrogen and oxygen atoms in total. The Balaban J connectivity index is 0.970. The largest absolute Gasteiger partial charge is 0.460 e. The van der Waals surface area contributed by atoms with Crippen molar-refractivity contribution in [2.24, 2.45) is 5.92 Å². The van der Waals surface area contributed by atoms with E-state index >= 15 is 0 Å². The Morgan fingerprint density at radius 3 is 2.54 bits per heavy atom. The number of amides is 2. The minimum Gasteiger partial charge on any atom is -0.460 e. The average Bonchev–Trinajstić information content (AvgIpc) is 3.46. The van der Waals surface area contributed by atoms with Gasteiger partial charge in [-0.2, -0.15) is 0 Å². The van der Waals surface area contributed by atoms with Gasteiger partial charge in [-0.05, 0) is 100 Å². The van der Waals surface area contributed by atoms with Crippen molar-refractivity contribution in [3.63, 3.8) is 0 Å². The fraction of sp³-hybridized carbons (Fsp3) is 0.556. The van der Waals surface area contributed by atoms with Crippen LogP contribution in [-0.2, 0) is 50.9 Å². The summed E-state index contributed by atoms with van der Waals surface area (Å²) in [5.74, 6) is -2.18. The molecule has 8 atom stereocenters. The molecule has 0 radical (unpaired) electrons. The van der Waals surface area contributed by atoms with Gasteiger partial charge in [0, 0.05) is 37.8 Å². The van der Waals surface area contributed by atoms with Gasteiger partial charge in [-0.15, -0.1) is 0 Å². The van der Waals surface area contributed by atoms with Crippen molar-refractivity contribution in [2.45, 2.75) is 139 Å². The van der Waals surface area contributed by atoms with E-state index in [-0.39, 0.29) is 31.8 Å². The van der Waals surface area contributed by atoms with Crippen LogP contribution in [0.25, 0.3) is 6.08 Å². The van der Waals surface area contributed by atoms with Gasteiger partial charge in [0.2, 0.25) is 11.8 Å². The molecule has 2 N–H and O–H groups in total. The molecule has 3 saturated heterocycles. The second-order valence-electron chi connectivity index (χ2n) is 17.5. The number of rotatable bonds is 11. The zero-order valence-corrected chi connectivity index (χ0v) is 33.0. The van der Waals surface area contributed by atoms with Gasteiger partial charge in [0.1, 0.15) is 30.0 Å². The van der Waals surface area contributed by atoms with Crippen molar-refractivity contribution in [3.05, 3.63) is 88.5 Å². The number of benzene rings is 2. The molecule has 4 fully saturated rings. The van der Waals surface area contributed by atoms with E-state index in [4.69, 9.17) is 23.7 Å². The summed E-state index contributed by atoms with van der Waals surface area (Å²) in [4.78, 5) is 55.7. The van der Waals surface area contributed by atoms with Crippen LogP contribution in [0.1, 0.15) is 99.2 Å². The standard InChI is InChI=1S/C45H54N2O10/c1-44(2,3)56-39(49)18-16-33(26-48)46-41(50)34-12-7-19-47(34)42(51)32-22-37(40-38(23-32)55-45(57-40)24-30-9-4-5-10-31(30)25-45)54-43(52)29-11-6-8-27(20-29)13-14-28-15-17-35-36(21-28)53-35/h4-6,8-11,13-14,20,23,28,33-38,40,48H,7,12,15-19,21-22,24-26H2,1-3H3,(H,46,50)/t28?,33-,34+,35?,36?,37+,38+,40-/m0/s1. The Labute approximate surface area is 333 Å². The first-order chi connectivity index (χ1) is 27.3. The maximum atomic E-state index is 14.4. The first-order valence-corrected chi connectivity index (χ1v) is 20.6. The zero-order valence-electron chi connectivity index (χ0n) is 33.0. The highest BCUT2D eigenvalue weighted by atomic mass is 16.8. The first kappa shape index (κ1) is 39.5. The van der Waals surface area contributed by atoms with Crippen LogP contribution in [-0.4, -0.2) is 101 Å². The fourth-order valence-electron chi connectivity index (χ4n) is 9.14. The van der Waals surface area contributed by atoms with Crippen LogP contribution in [0.5, 0.6) is 0 Å². The molecule has 2 amide bonds. The van der Waals surface area contributed by atoms with Gasteiger partial charge in [0.05, 0.1) is 30.4 Å². The Hall–Kier alpha value is -4.36. The Kier molecular flexibility index (Phi) is 11.2. The third kappa shape index (κ3) is 9.04. The van der Waals surface area contributed by atoms with Crippen LogP contribution < -0.4 is 5.32 Å². The number of likely N-dealkylation sites (tertiary alicyclic amines) is 1. The molecule has 12 heteroatoms. The van der Waals surface area contributed by atoms with Crippen molar-refractivity contribution < 1.29 is 48.0 Å². The van der Waals surface area contributed by atoms with Crippen LogP contribution >= 0.6 is 0 Å². The minimum absolute atomic E-state index is 0.0261. The third-order valence-corrected chi connectivity index (χ3v) is 12.0.